The maximum absolute atomic E-state index is 3.72. The molecule has 0 saturated heterocycles. The molecular weight excluding hydrogens is 354 g/mol. The molecule has 0 bridgehead atoms. The van der Waals surface area contributed by atoms with E-state index in [0.717, 1.165) is 0 Å². The highest BCUT2D eigenvalue weighted by Gasteiger charge is 2.34. The van der Waals surface area contributed by atoms with Crippen LogP contribution in [0.3, 0.4) is 0 Å². The molecule has 1 aliphatic carbocycles. The van der Waals surface area contributed by atoms with E-state index < -0.39 is 0 Å². The normalized spacial score (nSPS) is 22.4. The Morgan fingerprint density at radius 1 is 1.00 bits per heavy atom. The lowest BCUT2D eigenvalue weighted by atomic mass is 10.0. The predicted molar refractivity (Wildman–Crippen MR) is 99.2 cm³/mol. The molecule has 2 unspecified atom stereocenters. The second-order valence-corrected chi connectivity index (χ2v) is 7.68. The van der Waals surface area contributed by atoms with Gasteiger partial charge in [-0.3, -0.25) is 0 Å². The number of thioether (sulfide) groups is 1. The Hall–Kier alpha value is -1.45. The van der Waals surface area contributed by atoms with E-state index in [1.807, 2.05) is 11.8 Å². The van der Waals surface area contributed by atoms with Gasteiger partial charge in [0.2, 0.25) is 0 Å². The number of allylic oxidation sites excluding steroid dienone is 2. The van der Waals surface area contributed by atoms with Crippen molar-refractivity contribution in [3.63, 3.8) is 0 Å². The summed E-state index contributed by atoms with van der Waals surface area (Å²) in [6.07, 6.45) is 8.93. The Morgan fingerprint density at radius 2 is 1.77 bits per heavy atom. The summed E-state index contributed by atoms with van der Waals surface area (Å²) >= 11 is 5.66. The fourth-order valence-corrected chi connectivity index (χ4v) is 4.93. The molecule has 1 heterocycles. The minimum Gasteiger partial charge on any atom is -0.332 e. The first-order valence-corrected chi connectivity index (χ1v) is 9.07. The zero-order chi connectivity index (χ0) is 15.1. The molecule has 0 aromatic heterocycles. The van der Waals surface area contributed by atoms with Gasteiger partial charge in [-0.05, 0) is 47.1 Å². The summed E-state index contributed by atoms with van der Waals surface area (Å²) in [6.45, 7) is 2.13. The Kier molecular flexibility index (Phi) is 3.63. The van der Waals surface area contributed by atoms with Crippen molar-refractivity contribution in [2.45, 2.75) is 23.1 Å². The third-order valence-corrected chi connectivity index (χ3v) is 6.42. The molecule has 0 spiro atoms. The van der Waals surface area contributed by atoms with Crippen LogP contribution in [0.25, 0.3) is 0 Å². The van der Waals surface area contributed by atoms with Crippen LogP contribution in [0.2, 0.25) is 0 Å². The monoisotopic (exact) mass is 369 g/mol. The summed E-state index contributed by atoms with van der Waals surface area (Å²) in [7, 11) is 0. The molecule has 0 saturated carbocycles. The lowest BCUT2D eigenvalue weighted by Gasteiger charge is -2.42. The van der Waals surface area contributed by atoms with E-state index in [9.17, 15) is 0 Å². The largest absolute Gasteiger partial charge is 0.332 e. The van der Waals surface area contributed by atoms with Gasteiger partial charge in [0.1, 0.15) is 0 Å². The van der Waals surface area contributed by atoms with Gasteiger partial charge in [0.25, 0.3) is 0 Å². The quantitative estimate of drug-likeness (QED) is 0.618. The molecule has 1 aliphatic heterocycles. The average Bonchev–Trinajstić information content (AvgIpc) is 2.55. The Bertz CT molecular complexity index is 764. The molecule has 2 aromatic carbocycles. The molecule has 0 N–H and O–H groups in total. The fourth-order valence-electron chi connectivity index (χ4n) is 3.03. The molecule has 1 nitrogen and oxygen atoms in total. The van der Waals surface area contributed by atoms with E-state index >= 15 is 0 Å². The number of benzene rings is 2. The SMILES string of the molecule is Cc1ccc(N2c3cccc(Br)c3SC3C=CC=CC32)cc1. The van der Waals surface area contributed by atoms with Crippen LogP contribution in [0, 0.1) is 6.92 Å². The van der Waals surface area contributed by atoms with Gasteiger partial charge in [0.15, 0.2) is 0 Å². The summed E-state index contributed by atoms with van der Waals surface area (Å²) in [5, 5.41) is 0.442. The Labute approximate surface area is 143 Å². The van der Waals surface area contributed by atoms with Gasteiger partial charge in [-0.1, -0.05) is 48.1 Å². The van der Waals surface area contributed by atoms with Crippen LogP contribution in [-0.2, 0) is 0 Å². The number of rotatable bonds is 1. The molecule has 0 fully saturated rings. The molecule has 2 atom stereocenters. The number of hydrogen-bond donors (Lipinski definition) is 0. The van der Waals surface area contributed by atoms with E-state index in [0.29, 0.717) is 11.3 Å². The number of nitrogens with zero attached hydrogens (tertiary/aromatic N) is 1. The first-order chi connectivity index (χ1) is 10.7. The number of fused-ring (bicyclic) bond motifs is 2. The van der Waals surface area contributed by atoms with E-state index in [2.05, 4.69) is 94.5 Å². The van der Waals surface area contributed by atoms with Crippen molar-refractivity contribution in [2.75, 3.05) is 4.90 Å². The third-order valence-electron chi connectivity index (χ3n) is 4.13. The predicted octanol–water partition coefficient (Wildman–Crippen LogP) is 5.86. The van der Waals surface area contributed by atoms with Gasteiger partial charge in [-0.25, -0.2) is 0 Å². The minimum absolute atomic E-state index is 0.361. The standard InChI is InChI=1S/C19H16BrNS/c1-13-9-11-14(12-10-13)21-16-6-2-3-8-18(16)22-19-15(20)5-4-7-17(19)21/h2-12,16,18H,1H3. The van der Waals surface area contributed by atoms with Gasteiger partial charge in [0.05, 0.1) is 17.0 Å². The van der Waals surface area contributed by atoms with Gasteiger partial charge in [-0.2, -0.15) is 0 Å². The smallest absolute Gasteiger partial charge is 0.0683 e. The first-order valence-electron chi connectivity index (χ1n) is 7.40. The van der Waals surface area contributed by atoms with Gasteiger partial charge >= 0.3 is 0 Å². The summed E-state index contributed by atoms with van der Waals surface area (Å²) in [5.74, 6) is 0. The average molecular weight is 370 g/mol. The van der Waals surface area contributed by atoms with Crippen LogP contribution >= 0.6 is 27.7 Å². The van der Waals surface area contributed by atoms with Crippen LogP contribution in [0.5, 0.6) is 0 Å². The molecule has 0 radical (unpaired) electrons. The zero-order valence-electron chi connectivity index (χ0n) is 12.2. The highest BCUT2D eigenvalue weighted by atomic mass is 79.9. The summed E-state index contributed by atoms with van der Waals surface area (Å²) in [4.78, 5) is 3.78. The summed E-state index contributed by atoms with van der Waals surface area (Å²) < 4.78 is 1.17. The molecule has 2 aliphatic rings. The van der Waals surface area contributed by atoms with Crippen molar-refractivity contribution in [2.24, 2.45) is 0 Å². The molecule has 2 aromatic rings. The highest BCUT2D eigenvalue weighted by molar-refractivity contribution is 9.10. The fraction of sp³-hybridized carbons (Fsp3) is 0.158. The van der Waals surface area contributed by atoms with Gasteiger partial charge < -0.3 is 4.90 Å². The lowest BCUT2D eigenvalue weighted by molar-refractivity contribution is 0.777. The van der Waals surface area contributed by atoms with E-state index in [-0.39, 0.29) is 0 Å². The number of hydrogen-bond acceptors (Lipinski definition) is 2. The lowest BCUT2D eigenvalue weighted by Crippen LogP contribution is -2.41. The third kappa shape index (κ3) is 2.33. The van der Waals surface area contributed by atoms with Crippen LogP contribution in [0.1, 0.15) is 5.56 Å². The molecular formula is C19H16BrNS. The van der Waals surface area contributed by atoms with E-state index in [4.69, 9.17) is 0 Å². The summed E-state index contributed by atoms with van der Waals surface area (Å²) in [6, 6.07) is 15.6. The van der Waals surface area contributed by atoms with Crippen LogP contribution < -0.4 is 4.90 Å². The number of anilines is 2. The van der Waals surface area contributed by atoms with E-state index in [1.165, 1.54) is 26.3 Å². The maximum Gasteiger partial charge on any atom is 0.0683 e. The van der Waals surface area contributed by atoms with Crippen LogP contribution in [-0.4, -0.2) is 11.3 Å². The van der Waals surface area contributed by atoms with E-state index in [1.54, 1.807) is 0 Å². The Morgan fingerprint density at radius 3 is 2.59 bits per heavy atom. The van der Waals surface area contributed by atoms with Crippen molar-refractivity contribution in [3.05, 3.63) is 76.8 Å². The van der Waals surface area contributed by atoms with Crippen molar-refractivity contribution in [3.8, 4) is 0 Å². The number of aryl methyl sites for hydroxylation is 1. The second-order valence-electron chi connectivity index (χ2n) is 5.64. The topological polar surface area (TPSA) is 3.24 Å². The Balaban J connectivity index is 1.90. The zero-order valence-corrected chi connectivity index (χ0v) is 14.6. The van der Waals surface area contributed by atoms with Gasteiger partial charge in [0, 0.05) is 15.1 Å². The molecule has 4 rings (SSSR count). The van der Waals surface area contributed by atoms with Crippen molar-refractivity contribution < 1.29 is 0 Å². The number of halogens is 1. The minimum atomic E-state index is 0.361. The van der Waals surface area contributed by atoms with Gasteiger partial charge in [-0.15, -0.1) is 11.8 Å². The maximum atomic E-state index is 3.72. The molecule has 22 heavy (non-hydrogen) atoms. The van der Waals surface area contributed by atoms with Crippen LogP contribution in [0.4, 0.5) is 11.4 Å². The summed E-state index contributed by atoms with van der Waals surface area (Å²) in [5.41, 5.74) is 3.82. The van der Waals surface area contributed by atoms with Crippen molar-refractivity contribution in [1.82, 2.24) is 0 Å². The second kappa shape index (κ2) is 5.64. The molecule has 0 amide bonds. The first kappa shape index (κ1) is 14.2. The molecule has 3 heteroatoms. The van der Waals surface area contributed by atoms with Crippen molar-refractivity contribution >= 4 is 39.1 Å². The van der Waals surface area contributed by atoms with Crippen LogP contribution in [0.15, 0.2) is 76.1 Å². The molecule has 110 valence electrons. The highest BCUT2D eigenvalue weighted by Crippen LogP contribution is 2.49. The van der Waals surface area contributed by atoms with Crippen molar-refractivity contribution in [1.29, 1.82) is 0 Å².